The summed E-state index contributed by atoms with van der Waals surface area (Å²) in [6, 6.07) is 17.6. The van der Waals surface area contributed by atoms with Gasteiger partial charge in [-0.05, 0) is 24.2 Å². The van der Waals surface area contributed by atoms with Gasteiger partial charge in [-0.25, -0.2) is 0 Å². The Morgan fingerprint density at radius 2 is 1.77 bits per heavy atom. The maximum atomic E-state index is 12.2. The number of ether oxygens (including phenoxy) is 1. The number of amides is 1. The Morgan fingerprint density at radius 3 is 2.45 bits per heavy atom. The molecule has 0 aromatic heterocycles. The minimum absolute atomic E-state index is 0.0396. The maximum Gasteiger partial charge on any atom is 0.238 e. The summed E-state index contributed by atoms with van der Waals surface area (Å²) < 4.78 is 5.24. The average molecular weight is 298 g/mol. The Bertz CT molecular complexity index is 599. The van der Waals surface area contributed by atoms with Crippen LogP contribution in [0, 0.1) is 0 Å². The highest BCUT2D eigenvalue weighted by Crippen LogP contribution is 2.22. The fourth-order valence-electron chi connectivity index (χ4n) is 2.26. The standard InChI is InChI=1S/C18H22N2O2/c1-3-20(13-15-9-5-4-6-10-15)14-18(21)19-16-11-7-8-12-17(16)22-2/h4-12H,3,13-14H2,1-2H3,(H,19,21). The minimum Gasteiger partial charge on any atom is -0.495 e. The van der Waals surface area contributed by atoms with Crippen LogP contribution >= 0.6 is 0 Å². The highest BCUT2D eigenvalue weighted by molar-refractivity contribution is 5.93. The number of hydrogen-bond donors (Lipinski definition) is 1. The van der Waals surface area contributed by atoms with Crippen molar-refractivity contribution in [3.05, 3.63) is 60.2 Å². The van der Waals surface area contributed by atoms with Crippen LogP contribution in [0.2, 0.25) is 0 Å². The van der Waals surface area contributed by atoms with Gasteiger partial charge in [0.1, 0.15) is 5.75 Å². The topological polar surface area (TPSA) is 41.6 Å². The van der Waals surface area contributed by atoms with Crippen molar-refractivity contribution in [3.63, 3.8) is 0 Å². The average Bonchev–Trinajstić information content (AvgIpc) is 2.55. The van der Waals surface area contributed by atoms with Gasteiger partial charge in [-0.2, -0.15) is 0 Å². The van der Waals surface area contributed by atoms with Crippen LogP contribution < -0.4 is 10.1 Å². The molecule has 2 rings (SSSR count). The van der Waals surface area contributed by atoms with Crippen LogP contribution in [0.5, 0.6) is 5.75 Å². The van der Waals surface area contributed by atoms with Crippen LogP contribution in [0.1, 0.15) is 12.5 Å². The number of methoxy groups -OCH3 is 1. The first-order valence-corrected chi connectivity index (χ1v) is 7.42. The summed E-state index contributed by atoms with van der Waals surface area (Å²) in [4.78, 5) is 14.3. The van der Waals surface area contributed by atoms with E-state index in [9.17, 15) is 4.79 Å². The molecule has 0 spiro atoms. The molecule has 0 heterocycles. The normalized spacial score (nSPS) is 10.5. The molecule has 0 atom stereocenters. The lowest BCUT2D eigenvalue weighted by molar-refractivity contribution is -0.117. The molecule has 0 bridgehead atoms. The molecule has 116 valence electrons. The second-order valence-corrected chi connectivity index (χ2v) is 5.04. The van der Waals surface area contributed by atoms with E-state index < -0.39 is 0 Å². The SMILES string of the molecule is CCN(CC(=O)Nc1ccccc1OC)Cc1ccccc1. The van der Waals surface area contributed by atoms with Crippen molar-refractivity contribution < 1.29 is 9.53 Å². The monoisotopic (exact) mass is 298 g/mol. The van der Waals surface area contributed by atoms with Crippen LogP contribution in [0.15, 0.2) is 54.6 Å². The highest BCUT2D eigenvalue weighted by atomic mass is 16.5. The molecule has 0 saturated heterocycles. The molecule has 0 aliphatic carbocycles. The predicted octanol–water partition coefficient (Wildman–Crippen LogP) is 3.16. The van der Waals surface area contributed by atoms with Gasteiger partial charge in [0.15, 0.2) is 0 Å². The van der Waals surface area contributed by atoms with Crippen molar-refractivity contribution in [2.75, 3.05) is 25.5 Å². The molecule has 2 aromatic rings. The van der Waals surface area contributed by atoms with E-state index in [1.165, 1.54) is 5.56 Å². The van der Waals surface area contributed by atoms with Crippen molar-refractivity contribution >= 4 is 11.6 Å². The second-order valence-electron chi connectivity index (χ2n) is 5.04. The summed E-state index contributed by atoms with van der Waals surface area (Å²) in [6.45, 7) is 3.98. The van der Waals surface area contributed by atoms with Gasteiger partial charge in [0.2, 0.25) is 5.91 Å². The van der Waals surface area contributed by atoms with Crippen LogP contribution in [0.25, 0.3) is 0 Å². The van der Waals surface area contributed by atoms with Gasteiger partial charge in [0, 0.05) is 6.54 Å². The molecule has 4 heteroatoms. The molecular formula is C18H22N2O2. The lowest BCUT2D eigenvalue weighted by atomic mass is 10.2. The molecule has 0 radical (unpaired) electrons. The van der Waals surface area contributed by atoms with E-state index in [1.54, 1.807) is 7.11 Å². The number of anilines is 1. The zero-order chi connectivity index (χ0) is 15.8. The Kier molecular flexibility index (Phi) is 5.98. The fourth-order valence-corrected chi connectivity index (χ4v) is 2.26. The number of carbonyl (C=O) groups is 1. The van der Waals surface area contributed by atoms with Crippen LogP contribution in [0.3, 0.4) is 0 Å². The van der Waals surface area contributed by atoms with Gasteiger partial charge in [-0.1, -0.05) is 49.4 Å². The molecule has 0 fully saturated rings. The van der Waals surface area contributed by atoms with Crippen molar-refractivity contribution in [3.8, 4) is 5.75 Å². The summed E-state index contributed by atoms with van der Waals surface area (Å²) in [5.74, 6) is 0.629. The zero-order valence-electron chi connectivity index (χ0n) is 13.1. The summed E-state index contributed by atoms with van der Waals surface area (Å²) in [5, 5.41) is 2.91. The Hall–Kier alpha value is -2.33. The largest absolute Gasteiger partial charge is 0.495 e. The van der Waals surface area contributed by atoms with Gasteiger partial charge >= 0.3 is 0 Å². The van der Waals surface area contributed by atoms with E-state index in [0.717, 1.165) is 13.1 Å². The summed E-state index contributed by atoms with van der Waals surface area (Å²) >= 11 is 0. The molecule has 0 saturated carbocycles. The van der Waals surface area contributed by atoms with Crippen LogP contribution in [0.4, 0.5) is 5.69 Å². The van der Waals surface area contributed by atoms with Gasteiger partial charge < -0.3 is 10.1 Å². The molecule has 4 nitrogen and oxygen atoms in total. The third kappa shape index (κ3) is 4.60. The smallest absolute Gasteiger partial charge is 0.238 e. The Morgan fingerprint density at radius 1 is 1.09 bits per heavy atom. The second kappa shape index (κ2) is 8.20. The molecular weight excluding hydrogens is 276 g/mol. The van der Waals surface area contributed by atoms with Gasteiger partial charge in [-0.15, -0.1) is 0 Å². The molecule has 1 N–H and O–H groups in total. The van der Waals surface area contributed by atoms with Crippen LogP contribution in [-0.4, -0.2) is 31.0 Å². The number of likely N-dealkylation sites (N-methyl/N-ethyl adjacent to an activating group) is 1. The maximum absolute atomic E-state index is 12.2. The zero-order valence-corrected chi connectivity index (χ0v) is 13.1. The first-order valence-electron chi connectivity index (χ1n) is 7.42. The number of benzene rings is 2. The summed E-state index contributed by atoms with van der Waals surface area (Å²) in [7, 11) is 1.60. The highest BCUT2D eigenvalue weighted by Gasteiger charge is 2.11. The minimum atomic E-state index is -0.0396. The first kappa shape index (κ1) is 16.0. The van der Waals surface area contributed by atoms with Gasteiger partial charge in [0.05, 0.1) is 19.3 Å². The number of nitrogens with one attached hydrogen (secondary N) is 1. The van der Waals surface area contributed by atoms with Gasteiger partial charge in [0.25, 0.3) is 0 Å². The van der Waals surface area contributed by atoms with Crippen molar-refractivity contribution in [2.24, 2.45) is 0 Å². The summed E-state index contributed by atoms with van der Waals surface area (Å²) in [6.07, 6.45) is 0. The number of nitrogens with zero attached hydrogens (tertiary/aromatic N) is 1. The molecule has 0 unspecified atom stereocenters. The van der Waals surface area contributed by atoms with E-state index in [-0.39, 0.29) is 5.91 Å². The lowest BCUT2D eigenvalue weighted by Crippen LogP contribution is -2.32. The van der Waals surface area contributed by atoms with Gasteiger partial charge in [-0.3, -0.25) is 9.69 Å². The first-order chi connectivity index (χ1) is 10.7. The van der Waals surface area contributed by atoms with Crippen molar-refractivity contribution in [2.45, 2.75) is 13.5 Å². The quantitative estimate of drug-likeness (QED) is 0.853. The molecule has 0 aliphatic rings. The number of para-hydroxylation sites is 2. The predicted molar refractivity (Wildman–Crippen MR) is 89.0 cm³/mol. The van der Waals surface area contributed by atoms with Crippen molar-refractivity contribution in [1.29, 1.82) is 0 Å². The third-order valence-electron chi connectivity index (χ3n) is 3.44. The summed E-state index contributed by atoms with van der Waals surface area (Å²) in [5.41, 5.74) is 1.90. The van der Waals surface area contributed by atoms with E-state index in [2.05, 4.69) is 29.3 Å². The lowest BCUT2D eigenvalue weighted by Gasteiger charge is -2.20. The fraction of sp³-hybridized carbons (Fsp3) is 0.278. The molecule has 0 aliphatic heterocycles. The number of rotatable bonds is 7. The molecule has 2 aromatic carbocycles. The Balaban J connectivity index is 1.94. The molecule has 1 amide bonds. The van der Waals surface area contributed by atoms with Crippen molar-refractivity contribution in [1.82, 2.24) is 4.90 Å². The van der Waals surface area contributed by atoms with E-state index in [0.29, 0.717) is 18.0 Å². The number of hydrogen-bond acceptors (Lipinski definition) is 3. The molecule has 22 heavy (non-hydrogen) atoms. The van der Waals surface area contributed by atoms with Crippen LogP contribution in [-0.2, 0) is 11.3 Å². The van der Waals surface area contributed by atoms with E-state index in [4.69, 9.17) is 4.74 Å². The number of carbonyl (C=O) groups excluding carboxylic acids is 1. The Labute approximate surface area is 131 Å². The van der Waals surface area contributed by atoms with E-state index in [1.807, 2.05) is 42.5 Å². The van der Waals surface area contributed by atoms with E-state index >= 15 is 0 Å². The third-order valence-corrected chi connectivity index (χ3v) is 3.44.